The minimum Gasteiger partial charge on any atom is -0.355 e. The smallest absolute Gasteiger partial charge is 0.221 e. The highest BCUT2D eigenvalue weighted by Crippen LogP contribution is 2.11. The Morgan fingerprint density at radius 3 is 3.00 bits per heavy atom. The summed E-state index contributed by atoms with van der Waals surface area (Å²) >= 11 is 0. The molecule has 1 aromatic heterocycles. The van der Waals surface area contributed by atoms with Gasteiger partial charge in [0, 0.05) is 26.1 Å². The average Bonchev–Trinajstić information content (AvgIpc) is 2.80. The number of carbonyl (C=O) groups excluding carboxylic acids is 1. The van der Waals surface area contributed by atoms with Crippen molar-refractivity contribution < 1.29 is 4.79 Å². The summed E-state index contributed by atoms with van der Waals surface area (Å²) in [5.74, 6) is 0.0723. The third kappa shape index (κ3) is 3.07. The largest absolute Gasteiger partial charge is 0.355 e. The summed E-state index contributed by atoms with van der Waals surface area (Å²) in [7, 11) is 1.86. The second-order valence-corrected chi connectivity index (χ2v) is 4.13. The lowest BCUT2D eigenvalue weighted by Gasteiger charge is -2.06. The fourth-order valence-electron chi connectivity index (χ4n) is 1.83. The molecule has 0 saturated carbocycles. The molecule has 5 nitrogen and oxygen atoms in total. The molecule has 1 aromatic carbocycles. The van der Waals surface area contributed by atoms with Crippen molar-refractivity contribution in [3.05, 3.63) is 30.6 Å². The molecule has 5 heteroatoms. The van der Waals surface area contributed by atoms with E-state index in [0.29, 0.717) is 19.5 Å². The minimum atomic E-state index is 0.0723. The lowest BCUT2D eigenvalue weighted by Crippen LogP contribution is -2.30. The highest BCUT2D eigenvalue weighted by atomic mass is 16.1. The standard InChI is InChI=1S/C13H18N4O/c1-14-7-8-15-13(18)6-9-17-10-16-11-4-2-3-5-12(11)17/h2-5,10,14H,6-9H2,1H3,(H,15,18). The van der Waals surface area contributed by atoms with Crippen molar-refractivity contribution >= 4 is 16.9 Å². The number of carbonyl (C=O) groups is 1. The van der Waals surface area contributed by atoms with Gasteiger partial charge in [0.1, 0.15) is 0 Å². The van der Waals surface area contributed by atoms with E-state index in [2.05, 4.69) is 15.6 Å². The Bertz CT molecular complexity index is 520. The fraction of sp³-hybridized carbons (Fsp3) is 0.385. The van der Waals surface area contributed by atoms with Crippen molar-refractivity contribution in [1.82, 2.24) is 20.2 Å². The van der Waals surface area contributed by atoms with E-state index in [1.54, 1.807) is 6.33 Å². The van der Waals surface area contributed by atoms with Crippen molar-refractivity contribution in [1.29, 1.82) is 0 Å². The van der Waals surface area contributed by atoms with Gasteiger partial charge in [-0.1, -0.05) is 12.1 Å². The number of benzene rings is 1. The molecule has 0 spiro atoms. The van der Waals surface area contributed by atoms with Crippen LogP contribution in [0.15, 0.2) is 30.6 Å². The Balaban J connectivity index is 1.88. The molecule has 0 fully saturated rings. The van der Waals surface area contributed by atoms with E-state index in [1.807, 2.05) is 35.9 Å². The monoisotopic (exact) mass is 246 g/mol. The molecule has 18 heavy (non-hydrogen) atoms. The molecular weight excluding hydrogens is 228 g/mol. The van der Waals surface area contributed by atoms with Crippen LogP contribution in [-0.4, -0.2) is 35.6 Å². The number of nitrogens with one attached hydrogen (secondary N) is 2. The predicted molar refractivity (Wildman–Crippen MR) is 71.3 cm³/mol. The molecule has 0 bridgehead atoms. The summed E-state index contributed by atoms with van der Waals surface area (Å²) < 4.78 is 2.01. The molecule has 0 radical (unpaired) electrons. The number of hydrogen-bond acceptors (Lipinski definition) is 3. The first kappa shape index (κ1) is 12.6. The van der Waals surface area contributed by atoms with Gasteiger partial charge in [-0.25, -0.2) is 4.98 Å². The van der Waals surface area contributed by atoms with Crippen molar-refractivity contribution in [3.63, 3.8) is 0 Å². The number of aryl methyl sites for hydroxylation is 1. The van der Waals surface area contributed by atoms with Crippen LogP contribution in [0, 0.1) is 0 Å². The van der Waals surface area contributed by atoms with E-state index >= 15 is 0 Å². The van der Waals surface area contributed by atoms with Gasteiger partial charge in [0.25, 0.3) is 0 Å². The molecule has 2 rings (SSSR count). The van der Waals surface area contributed by atoms with Crippen LogP contribution in [0.5, 0.6) is 0 Å². The molecule has 0 atom stereocenters. The summed E-state index contributed by atoms with van der Waals surface area (Å²) in [6.07, 6.45) is 2.26. The van der Waals surface area contributed by atoms with Gasteiger partial charge in [-0.05, 0) is 19.2 Å². The topological polar surface area (TPSA) is 58.9 Å². The Kier molecular flexibility index (Phi) is 4.30. The Labute approximate surface area is 106 Å². The van der Waals surface area contributed by atoms with Crippen LogP contribution in [0.2, 0.25) is 0 Å². The quantitative estimate of drug-likeness (QED) is 0.740. The van der Waals surface area contributed by atoms with Crippen molar-refractivity contribution in [3.8, 4) is 0 Å². The molecule has 0 aliphatic heterocycles. The van der Waals surface area contributed by atoms with Crippen LogP contribution in [0.4, 0.5) is 0 Å². The minimum absolute atomic E-state index is 0.0723. The third-order valence-electron chi connectivity index (χ3n) is 2.80. The molecule has 0 aliphatic rings. The number of amides is 1. The van der Waals surface area contributed by atoms with E-state index in [1.165, 1.54) is 0 Å². The van der Waals surface area contributed by atoms with E-state index < -0.39 is 0 Å². The van der Waals surface area contributed by atoms with E-state index in [-0.39, 0.29) is 5.91 Å². The lowest BCUT2D eigenvalue weighted by atomic mass is 10.3. The summed E-state index contributed by atoms with van der Waals surface area (Å²) in [5, 5.41) is 5.85. The number of aromatic nitrogens is 2. The molecule has 0 unspecified atom stereocenters. The van der Waals surface area contributed by atoms with Gasteiger partial charge in [-0.3, -0.25) is 4.79 Å². The van der Waals surface area contributed by atoms with E-state index in [0.717, 1.165) is 17.6 Å². The molecular formula is C13H18N4O. The van der Waals surface area contributed by atoms with E-state index in [4.69, 9.17) is 0 Å². The van der Waals surface area contributed by atoms with Crippen molar-refractivity contribution in [2.45, 2.75) is 13.0 Å². The second kappa shape index (κ2) is 6.16. The molecule has 0 saturated heterocycles. The first-order chi connectivity index (χ1) is 8.81. The molecule has 0 aliphatic carbocycles. The van der Waals surface area contributed by atoms with Crippen LogP contribution in [0.1, 0.15) is 6.42 Å². The van der Waals surface area contributed by atoms with Gasteiger partial charge >= 0.3 is 0 Å². The Morgan fingerprint density at radius 1 is 1.33 bits per heavy atom. The maximum Gasteiger partial charge on any atom is 0.221 e. The summed E-state index contributed by atoms with van der Waals surface area (Å²) in [6, 6.07) is 7.93. The highest BCUT2D eigenvalue weighted by molar-refractivity contribution is 5.77. The van der Waals surface area contributed by atoms with Gasteiger partial charge in [0.2, 0.25) is 5.91 Å². The Morgan fingerprint density at radius 2 is 2.17 bits per heavy atom. The van der Waals surface area contributed by atoms with Gasteiger partial charge in [0.15, 0.2) is 0 Å². The number of hydrogen-bond donors (Lipinski definition) is 2. The van der Waals surface area contributed by atoms with Crippen molar-refractivity contribution in [2.75, 3.05) is 20.1 Å². The molecule has 2 aromatic rings. The number of likely N-dealkylation sites (N-methyl/N-ethyl adjacent to an activating group) is 1. The zero-order valence-electron chi connectivity index (χ0n) is 10.5. The molecule has 1 amide bonds. The molecule has 96 valence electrons. The summed E-state index contributed by atoms with van der Waals surface area (Å²) in [4.78, 5) is 15.9. The van der Waals surface area contributed by atoms with Crippen LogP contribution in [0.3, 0.4) is 0 Å². The zero-order chi connectivity index (χ0) is 12.8. The Hall–Kier alpha value is -1.88. The highest BCUT2D eigenvalue weighted by Gasteiger charge is 2.04. The van der Waals surface area contributed by atoms with Gasteiger partial charge in [-0.15, -0.1) is 0 Å². The lowest BCUT2D eigenvalue weighted by molar-refractivity contribution is -0.121. The first-order valence-corrected chi connectivity index (χ1v) is 6.12. The SMILES string of the molecule is CNCCNC(=O)CCn1cnc2ccccc21. The van der Waals surface area contributed by atoms with Crippen molar-refractivity contribution in [2.24, 2.45) is 0 Å². The molecule has 1 heterocycles. The van der Waals surface area contributed by atoms with Gasteiger partial charge in [0.05, 0.1) is 17.4 Å². The first-order valence-electron chi connectivity index (χ1n) is 6.12. The predicted octanol–water partition coefficient (Wildman–Crippen LogP) is 0.762. The van der Waals surface area contributed by atoms with Crippen LogP contribution in [-0.2, 0) is 11.3 Å². The number of fused-ring (bicyclic) bond motifs is 1. The molecule has 2 N–H and O–H groups in total. The summed E-state index contributed by atoms with van der Waals surface area (Å²) in [5.41, 5.74) is 2.04. The fourth-order valence-corrected chi connectivity index (χ4v) is 1.83. The van der Waals surface area contributed by atoms with E-state index in [9.17, 15) is 4.79 Å². The zero-order valence-corrected chi connectivity index (χ0v) is 10.5. The number of imidazole rings is 1. The normalized spacial score (nSPS) is 10.7. The average molecular weight is 246 g/mol. The van der Waals surface area contributed by atoms with Crippen LogP contribution >= 0.6 is 0 Å². The third-order valence-corrected chi connectivity index (χ3v) is 2.80. The maximum atomic E-state index is 11.6. The van der Waals surface area contributed by atoms with Crippen LogP contribution < -0.4 is 10.6 Å². The number of rotatable bonds is 6. The second-order valence-electron chi connectivity index (χ2n) is 4.13. The van der Waals surface area contributed by atoms with Gasteiger partial charge in [-0.2, -0.15) is 0 Å². The van der Waals surface area contributed by atoms with Gasteiger partial charge < -0.3 is 15.2 Å². The number of nitrogens with zero attached hydrogens (tertiary/aromatic N) is 2. The van der Waals surface area contributed by atoms with Crippen LogP contribution in [0.25, 0.3) is 11.0 Å². The maximum absolute atomic E-state index is 11.6. The number of para-hydroxylation sites is 2. The summed E-state index contributed by atoms with van der Waals surface area (Å²) in [6.45, 7) is 2.12.